The van der Waals surface area contributed by atoms with Gasteiger partial charge in [0.2, 0.25) is 10.0 Å². The third-order valence-corrected chi connectivity index (χ3v) is 3.69. The summed E-state index contributed by atoms with van der Waals surface area (Å²) in [5, 5.41) is 28.4. The largest absolute Gasteiger partial charge is 0.502 e. The van der Waals surface area contributed by atoms with Gasteiger partial charge in [0.1, 0.15) is 6.04 Å². The van der Waals surface area contributed by atoms with Gasteiger partial charge in [0.05, 0.1) is 9.82 Å². The van der Waals surface area contributed by atoms with Gasteiger partial charge in [-0.3, -0.25) is 14.9 Å². The predicted molar refractivity (Wildman–Crippen MR) is 62.2 cm³/mol. The highest BCUT2D eigenvalue weighted by atomic mass is 32.2. The number of nitro benzene ring substituents is 1. The number of carboxylic acid groups (broad SMARTS) is 1. The Hall–Kier alpha value is -2.20. The van der Waals surface area contributed by atoms with Crippen LogP contribution >= 0.6 is 0 Å². The summed E-state index contributed by atoms with van der Waals surface area (Å²) in [6, 6.07) is 1.03. The van der Waals surface area contributed by atoms with Crippen LogP contribution in [0.5, 0.6) is 5.75 Å². The molecule has 0 radical (unpaired) electrons. The number of nitrogens with zero attached hydrogens (tertiary/aromatic N) is 1. The molecule has 1 unspecified atom stereocenters. The van der Waals surface area contributed by atoms with Gasteiger partial charge in [-0.1, -0.05) is 0 Å². The number of phenolic OH excluding ortho intramolecular Hbond substituents is 1. The average molecular weight is 290 g/mol. The third-order valence-electron chi connectivity index (χ3n) is 2.16. The van der Waals surface area contributed by atoms with E-state index in [0.29, 0.717) is 6.07 Å². The van der Waals surface area contributed by atoms with Crippen molar-refractivity contribution in [2.24, 2.45) is 0 Å². The lowest BCUT2D eigenvalue weighted by Crippen LogP contribution is -2.38. The summed E-state index contributed by atoms with van der Waals surface area (Å²) in [7, 11) is -4.22. The second-order valence-corrected chi connectivity index (χ2v) is 5.30. The first-order valence-electron chi connectivity index (χ1n) is 4.87. The number of aliphatic carboxylic acids is 1. The van der Waals surface area contributed by atoms with Gasteiger partial charge in [-0.05, 0) is 19.1 Å². The molecule has 0 fully saturated rings. The third kappa shape index (κ3) is 3.39. The monoisotopic (exact) mass is 290 g/mol. The summed E-state index contributed by atoms with van der Waals surface area (Å²) < 4.78 is 25.3. The maximum atomic E-state index is 11.8. The molecule has 0 heterocycles. The van der Waals surface area contributed by atoms with Crippen LogP contribution in [0.4, 0.5) is 5.69 Å². The topological polar surface area (TPSA) is 147 Å². The molecule has 0 aliphatic rings. The molecule has 0 aliphatic carbocycles. The molecule has 1 rings (SSSR count). The molecule has 3 N–H and O–H groups in total. The minimum Gasteiger partial charge on any atom is -0.502 e. The van der Waals surface area contributed by atoms with Crippen molar-refractivity contribution in [2.75, 3.05) is 0 Å². The van der Waals surface area contributed by atoms with E-state index >= 15 is 0 Å². The van der Waals surface area contributed by atoms with E-state index in [-0.39, 0.29) is 0 Å². The lowest BCUT2D eigenvalue weighted by atomic mass is 10.3. The molecule has 0 amide bonds. The number of carbonyl (C=O) groups is 1. The van der Waals surface area contributed by atoms with Gasteiger partial charge in [-0.2, -0.15) is 4.72 Å². The molecule has 104 valence electrons. The molecule has 1 aromatic rings. The molecule has 1 atom stereocenters. The zero-order valence-electron chi connectivity index (χ0n) is 9.60. The highest BCUT2D eigenvalue weighted by Gasteiger charge is 2.24. The molecule has 0 saturated heterocycles. The van der Waals surface area contributed by atoms with E-state index in [1.807, 2.05) is 4.72 Å². The number of phenols is 1. The van der Waals surface area contributed by atoms with E-state index in [9.17, 15) is 28.4 Å². The summed E-state index contributed by atoms with van der Waals surface area (Å²) >= 11 is 0. The molecule has 10 heteroatoms. The van der Waals surface area contributed by atoms with Crippen molar-refractivity contribution in [2.45, 2.75) is 17.9 Å². The molecule has 0 spiro atoms. The van der Waals surface area contributed by atoms with Crippen LogP contribution in [-0.4, -0.2) is 35.6 Å². The smallest absolute Gasteiger partial charge is 0.321 e. The van der Waals surface area contributed by atoms with Gasteiger partial charge in [0, 0.05) is 6.07 Å². The first kappa shape index (κ1) is 14.9. The van der Waals surface area contributed by atoms with Crippen molar-refractivity contribution in [3.8, 4) is 5.75 Å². The molecule has 0 aliphatic heterocycles. The number of nitrogens with one attached hydrogen (secondary N) is 1. The Morgan fingerprint density at radius 3 is 2.53 bits per heavy atom. The number of carboxylic acids is 1. The number of nitro groups is 1. The predicted octanol–water partition coefficient (Wildman–Crippen LogP) is 0.0518. The fourth-order valence-corrected chi connectivity index (χ4v) is 2.38. The van der Waals surface area contributed by atoms with E-state index in [1.54, 1.807) is 0 Å². The number of hydrogen-bond donors (Lipinski definition) is 3. The second kappa shape index (κ2) is 5.20. The Labute approximate surface area is 107 Å². The van der Waals surface area contributed by atoms with Gasteiger partial charge in [-0.25, -0.2) is 8.42 Å². The molecule has 1 aromatic carbocycles. The van der Waals surface area contributed by atoms with Crippen molar-refractivity contribution >= 4 is 21.7 Å². The summed E-state index contributed by atoms with van der Waals surface area (Å²) in [6.45, 7) is 1.11. The quantitative estimate of drug-likeness (QED) is 0.512. The normalized spacial score (nSPS) is 12.9. The molecule has 0 saturated carbocycles. The van der Waals surface area contributed by atoms with Crippen LogP contribution < -0.4 is 4.72 Å². The van der Waals surface area contributed by atoms with Gasteiger partial charge >= 0.3 is 11.7 Å². The van der Waals surface area contributed by atoms with Crippen LogP contribution in [0, 0.1) is 10.1 Å². The Bertz CT molecular complexity index is 625. The molecular formula is C9H10N2O7S. The molecular weight excluding hydrogens is 280 g/mol. The standard InChI is InChI=1S/C9H10N2O7S/c1-5(9(13)14)10-19(17,18)6-2-3-8(12)7(4-6)11(15)16/h2-5,10,12H,1H3,(H,13,14). The molecule has 0 aromatic heterocycles. The number of aromatic hydroxyl groups is 1. The summed E-state index contributed by atoms with van der Waals surface area (Å²) in [6.07, 6.45) is 0. The van der Waals surface area contributed by atoms with Crippen molar-refractivity contribution in [3.05, 3.63) is 28.3 Å². The van der Waals surface area contributed by atoms with Crippen molar-refractivity contribution in [1.82, 2.24) is 4.72 Å². The Morgan fingerprint density at radius 2 is 2.05 bits per heavy atom. The number of rotatable bonds is 5. The first-order chi connectivity index (χ1) is 8.65. The maximum Gasteiger partial charge on any atom is 0.321 e. The van der Waals surface area contributed by atoms with Crippen LogP contribution in [0.3, 0.4) is 0 Å². The van der Waals surface area contributed by atoms with Crippen LogP contribution in [0.15, 0.2) is 23.1 Å². The van der Waals surface area contributed by atoms with Gasteiger partial charge in [0.25, 0.3) is 0 Å². The van der Waals surface area contributed by atoms with Crippen LogP contribution in [0.25, 0.3) is 0 Å². The van der Waals surface area contributed by atoms with E-state index in [1.165, 1.54) is 0 Å². The second-order valence-electron chi connectivity index (χ2n) is 3.59. The van der Waals surface area contributed by atoms with E-state index in [0.717, 1.165) is 19.1 Å². The van der Waals surface area contributed by atoms with E-state index < -0.39 is 43.3 Å². The summed E-state index contributed by atoms with van der Waals surface area (Å²) in [5.74, 6) is -2.08. The van der Waals surface area contributed by atoms with Crippen molar-refractivity contribution in [1.29, 1.82) is 0 Å². The highest BCUT2D eigenvalue weighted by Crippen LogP contribution is 2.28. The SMILES string of the molecule is CC(NS(=O)(=O)c1ccc(O)c([N+](=O)[O-])c1)C(=O)O. The first-order valence-corrected chi connectivity index (χ1v) is 6.36. The lowest BCUT2D eigenvalue weighted by Gasteiger charge is -2.10. The number of benzene rings is 1. The average Bonchev–Trinajstić information content (AvgIpc) is 2.27. The zero-order valence-corrected chi connectivity index (χ0v) is 10.4. The van der Waals surface area contributed by atoms with Gasteiger partial charge in [0.15, 0.2) is 5.75 Å². The van der Waals surface area contributed by atoms with Crippen LogP contribution in [-0.2, 0) is 14.8 Å². The van der Waals surface area contributed by atoms with E-state index in [4.69, 9.17) is 5.11 Å². The lowest BCUT2D eigenvalue weighted by molar-refractivity contribution is -0.386. The van der Waals surface area contributed by atoms with E-state index in [2.05, 4.69) is 0 Å². The van der Waals surface area contributed by atoms with Crippen molar-refractivity contribution < 1.29 is 28.3 Å². The van der Waals surface area contributed by atoms with Crippen LogP contribution in [0.1, 0.15) is 6.92 Å². The number of sulfonamides is 1. The van der Waals surface area contributed by atoms with Crippen LogP contribution in [0.2, 0.25) is 0 Å². The minimum absolute atomic E-state index is 0.509. The maximum absolute atomic E-state index is 11.8. The Kier molecular flexibility index (Phi) is 4.07. The molecule has 19 heavy (non-hydrogen) atoms. The Morgan fingerprint density at radius 1 is 1.47 bits per heavy atom. The number of hydrogen-bond acceptors (Lipinski definition) is 6. The summed E-state index contributed by atoms with van der Waals surface area (Å²) in [4.78, 5) is 19.7. The van der Waals surface area contributed by atoms with Crippen molar-refractivity contribution in [3.63, 3.8) is 0 Å². The highest BCUT2D eigenvalue weighted by molar-refractivity contribution is 7.89. The van der Waals surface area contributed by atoms with Gasteiger partial charge in [-0.15, -0.1) is 0 Å². The fraction of sp³-hybridized carbons (Fsp3) is 0.222. The molecule has 9 nitrogen and oxygen atoms in total. The zero-order chi connectivity index (χ0) is 14.8. The Balaban J connectivity index is 3.19. The fourth-order valence-electron chi connectivity index (χ4n) is 1.17. The summed E-state index contributed by atoms with van der Waals surface area (Å²) in [5.41, 5.74) is -0.786. The van der Waals surface area contributed by atoms with Gasteiger partial charge < -0.3 is 10.2 Å². The minimum atomic E-state index is -4.22. The molecule has 0 bridgehead atoms.